The molecule has 3 aromatic rings. The number of methoxy groups -OCH3 is 1. The van der Waals surface area contributed by atoms with Gasteiger partial charge in [-0.2, -0.15) is 0 Å². The minimum atomic E-state index is 0.741. The largest absolute Gasteiger partial charge is 0.497 e. The number of benzene rings is 3. The molecule has 0 radical (unpaired) electrons. The van der Waals surface area contributed by atoms with Gasteiger partial charge in [0.15, 0.2) is 6.29 Å². The Morgan fingerprint density at radius 3 is 2.50 bits per heavy atom. The number of fused-ring (bicyclic) bond motifs is 2. The van der Waals surface area contributed by atoms with E-state index in [-0.39, 0.29) is 0 Å². The lowest BCUT2D eigenvalue weighted by molar-refractivity contribution is 0.112. The number of rotatable bonds is 2. The monoisotopic (exact) mass is 236 g/mol. The van der Waals surface area contributed by atoms with Crippen molar-refractivity contribution in [1.82, 2.24) is 0 Å². The van der Waals surface area contributed by atoms with E-state index in [1.165, 1.54) is 0 Å². The molecule has 0 aliphatic heterocycles. The summed E-state index contributed by atoms with van der Waals surface area (Å²) >= 11 is 0. The molecule has 3 rings (SSSR count). The van der Waals surface area contributed by atoms with Crippen molar-refractivity contribution in [2.24, 2.45) is 0 Å². The minimum absolute atomic E-state index is 0.741. The molecule has 0 N–H and O–H groups in total. The molecule has 0 fully saturated rings. The van der Waals surface area contributed by atoms with Gasteiger partial charge in [0.1, 0.15) is 5.75 Å². The molecule has 2 heteroatoms. The van der Waals surface area contributed by atoms with Gasteiger partial charge in [0, 0.05) is 5.56 Å². The molecule has 0 heterocycles. The van der Waals surface area contributed by atoms with Gasteiger partial charge in [-0.3, -0.25) is 4.79 Å². The Morgan fingerprint density at radius 2 is 1.72 bits per heavy atom. The number of aldehydes is 1. The van der Waals surface area contributed by atoms with Gasteiger partial charge < -0.3 is 4.74 Å². The van der Waals surface area contributed by atoms with Crippen LogP contribution in [0.3, 0.4) is 0 Å². The molecule has 0 aliphatic carbocycles. The van der Waals surface area contributed by atoms with Crippen LogP contribution >= 0.6 is 0 Å². The van der Waals surface area contributed by atoms with Crippen molar-refractivity contribution >= 4 is 27.8 Å². The highest BCUT2D eigenvalue weighted by atomic mass is 16.5. The third kappa shape index (κ3) is 1.54. The molecule has 0 amide bonds. The van der Waals surface area contributed by atoms with Crippen molar-refractivity contribution in [2.45, 2.75) is 0 Å². The molecule has 18 heavy (non-hydrogen) atoms. The van der Waals surface area contributed by atoms with E-state index in [4.69, 9.17) is 4.74 Å². The van der Waals surface area contributed by atoms with Gasteiger partial charge >= 0.3 is 0 Å². The second kappa shape index (κ2) is 4.15. The number of hydrogen-bond acceptors (Lipinski definition) is 2. The van der Waals surface area contributed by atoms with Gasteiger partial charge in [0.05, 0.1) is 7.11 Å². The average molecular weight is 236 g/mol. The van der Waals surface area contributed by atoms with Crippen LogP contribution in [0, 0.1) is 0 Å². The van der Waals surface area contributed by atoms with Crippen LogP contribution in [-0.2, 0) is 0 Å². The molecule has 0 saturated carbocycles. The summed E-state index contributed by atoms with van der Waals surface area (Å²) in [6, 6.07) is 15.8. The van der Waals surface area contributed by atoms with Crippen molar-refractivity contribution in [2.75, 3.05) is 7.11 Å². The zero-order valence-corrected chi connectivity index (χ0v) is 10.0. The lowest BCUT2D eigenvalue weighted by Crippen LogP contribution is -1.89. The summed E-state index contributed by atoms with van der Waals surface area (Å²) in [4.78, 5) is 11.4. The second-order valence-corrected chi connectivity index (χ2v) is 4.22. The molecular formula is C16H12O2. The van der Waals surface area contributed by atoms with E-state index in [0.717, 1.165) is 39.1 Å². The Hall–Kier alpha value is -2.35. The Morgan fingerprint density at radius 1 is 0.944 bits per heavy atom. The van der Waals surface area contributed by atoms with Crippen molar-refractivity contribution in [3.63, 3.8) is 0 Å². The summed E-state index contributed by atoms with van der Waals surface area (Å²) in [5.74, 6) is 0.801. The summed E-state index contributed by atoms with van der Waals surface area (Å²) in [6.07, 6.45) is 0.928. The maximum atomic E-state index is 11.4. The topological polar surface area (TPSA) is 26.3 Å². The van der Waals surface area contributed by atoms with Crippen LogP contribution in [0.4, 0.5) is 0 Å². The van der Waals surface area contributed by atoms with E-state index in [1.54, 1.807) is 7.11 Å². The van der Waals surface area contributed by atoms with Gasteiger partial charge in [-0.05, 0) is 45.8 Å². The van der Waals surface area contributed by atoms with Crippen LogP contribution in [-0.4, -0.2) is 13.4 Å². The predicted molar refractivity (Wildman–Crippen MR) is 73.4 cm³/mol. The SMILES string of the molecule is COc1ccc2c(C=O)c3ccccc3cc2c1. The fourth-order valence-corrected chi connectivity index (χ4v) is 2.34. The summed E-state index contributed by atoms with van der Waals surface area (Å²) in [7, 11) is 1.64. The number of ether oxygens (including phenoxy) is 1. The van der Waals surface area contributed by atoms with E-state index in [9.17, 15) is 4.79 Å². The molecule has 2 nitrogen and oxygen atoms in total. The molecular weight excluding hydrogens is 224 g/mol. The first-order valence-electron chi connectivity index (χ1n) is 5.78. The second-order valence-electron chi connectivity index (χ2n) is 4.22. The molecule has 0 saturated heterocycles. The molecule has 0 aromatic heterocycles. The molecule has 0 unspecified atom stereocenters. The Balaban J connectivity index is 2.49. The van der Waals surface area contributed by atoms with Gasteiger partial charge in [-0.15, -0.1) is 0 Å². The molecule has 0 atom stereocenters. The van der Waals surface area contributed by atoms with Gasteiger partial charge in [-0.1, -0.05) is 24.3 Å². The first kappa shape index (κ1) is 10.8. The van der Waals surface area contributed by atoms with Gasteiger partial charge in [0.2, 0.25) is 0 Å². The Bertz CT molecular complexity index is 745. The highest BCUT2D eigenvalue weighted by molar-refractivity contribution is 6.12. The van der Waals surface area contributed by atoms with Crippen LogP contribution in [0.1, 0.15) is 10.4 Å². The smallest absolute Gasteiger partial charge is 0.151 e. The van der Waals surface area contributed by atoms with Crippen LogP contribution in [0.25, 0.3) is 21.5 Å². The molecule has 3 aromatic carbocycles. The van der Waals surface area contributed by atoms with E-state index < -0.39 is 0 Å². The number of carbonyl (C=O) groups excluding carboxylic acids is 1. The molecule has 88 valence electrons. The molecule has 0 aliphatic rings. The lowest BCUT2D eigenvalue weighted by atomic mass is 9.97. The zero-order valence-electron chi connectivity index (χ0n) is 10.0. The summed E-state index contributed by atoms with van der Waals surface area (Å²) in [6.45, 7) is 0. The highest BCUT2D eigenvalue weighted by Crippen LogP contribution is 2.29. The predicted octanol–water partition coefficient (Wildman–Crippen LogP) is 3.81. The number of carbonyl (C=O) groups is 1. The van der Waals surface area contributed by atoms with Crippen LogP contribution < -0.4 is 4.74 Å². The molecule has 0 bridgehead atoms. The van der Waals surface area contributed by atoms with Crippen molar-refractivity contribution in [3.05, 3.63) is 54.1 Å². The maximum Gasteiger partial charge on any atom is 0.151 e. The summed E-state index contributed by atoms with van der Waals surface area (Å²) in [5, 5.41) is 4.05. The van der Waals surface area contributed by atoms with Crippen LogP contribution in [0.15, 0.2) is 48.5 Å². The van der Waals surface area contributed by atoms with Crippen LogP contribution in [0.5, 0.6) is 5.75 Å². The maximum absolute atomic E-state index is 11.4. The first-order valence-corrected chi connectivity index (χ1v) is 5.78. The van der Waals surface area contributed by atoms with Gasteiger partial charge in [0.25, 0.3) is 0 Å². The third-order valence-electron chi connectivity index (χ3n) is 3.23. The summed E-state index contributed by atoms with van der Waals surface area (Å²) in [5.41, 5.74) is 0.741. The van der Waals surface area contributed by atoms with E-state index in [1.807, 2.05) is 42.5 Å². The number of hydrogen-bond donors (Lipinski definition) is 0. The van der Waals surface area contributed by atoms with Crippen molar-refractivity contribution in [1.29, 1.82) is 0 Å². The van der Waals surface area contributed by atoms with E-state index in [0.29, 0.717) is 0 Å². The molecule has 0 spiro atoms. The van der Waals surface area contributed by atoms with E-state index >= 15 is 0 Å². The van der Waals surface area contributed by atoms with Gasteiger partial charge in [-0.25, -0.2) is 0 Å². The fraction of sp³-hybridized carbons (Fsp3) is 0.0625. The Labute approximate surface area is 105 Å². The van der Waals surface area contributed by atoms with Crippen LogP contribution in [0.2, 0.25) is 0 Å². The van der Waals surface area contributed by atoms with E-state index in [2.05, 4.69) is 6.07 Å². The fourth-order valence-electron chi connectivity index (χ4n) is 2.34. The quantitative estimate of drug-likeness (QED) is 0.499. The first-order chi connectivity index (χ1) is 8.83. The summed E-state index contributed by atoms with van der Waals surface area (Å²) < 4.78 is 5.22. The normalized spacial score (nSPS) is 10.7. The third-order valence-corrected chi connectivity index (χ3v) is 3.23. The highest BCUT2D eigenvalue weighted by Gasteiger charge is 2.07. The Kier molecular flexibility index (Phi) is 2.49. The van der Waals surface area contributed by atoms with Crippen molar-refractivity contribution < 1.29 is 9.53 Å². The standard InChI is InChI=1S/C16H12O2/c1-18-13-6-7-15-12(9-13)8-11-4-2-3-5-14(11)16(15)10-17/h2-10H,1H3. The zero-order chi connectivity index (χ0) is 12.5. The lowest BCUT2D eigenvalue weighted by Gasteiger charge is -2.08. The average Bonchev–Trinajstić information content (AvgIpc) is 2.44. The van der Waals surface area contributed by atoms with Crippen molar-refractivity contribution in [3.8, 4) is 5.75 Å². The minimum Gasteiger partial charge on any atom is -0.497 e.